The fraction of sp³-hybridized carbons (Fsp3) is 0.930. The van der Waals surface area contributed by atoms with Crippen molar-refractivity contribution < 1.29 is 59.0 Å². The Labute approximate surface area is 344 Å². The van der Waals surface area contributed by atoms with Crippen molar-refractivity contribution in [1.29, 1.82) is 0 Å². The van der Waals surface area contributed by atoms with E-state index < -0.39 is 75.2 Å². The Bertz CT molecular complexity index is 1040. The van der Waals surface area contributed by atoms with E-state index in [1.54, 1.807) is 6.08 Å². The third-order valence-electron chi connectivity index (χ3n) is 11.1. The molecule has 0 aliphatic heterocycles. The van der Waals surface area contributed by atoms with Crippen LogP contribution in [0.2, 0.25) is 0 Å². The van der Waals surface area contributed by atoms with Crippen molar-refractivity contribution in [2.45, 2.75) is 249 Å². The van der Waals surface area contributed by atoms with Gasteiger partial charge in [0.1, 0.15) is 36.6 Å². The molecule has 0 radical (unpaired) electrons. The number of phosphoric acid groups is 1. The first-order valence-electron chi connectivity index (χ1n) is 22.7. The van der Waals surface area contributed by atoms with E-state index in [9.17, 15) is 50.0 Å². The minimum Gasteiger partial charge on any atom is -0.393 e. The molecule has 0 aromatic heterocycles. The first-order chi connectivity index (χ1) is 27.3. The third kappa shape index (κ3) is 26.1. The van der Waals surface area contributed by atoms with E-state index >= 15 is 0 Å². The number of phosphoric ester groups is 1. The summed E-state index contributed by atoms with van der Waals surface area (Å²) in [5.41, 5.74) is 0. The van der Waals surface area contributed by atoms with Crippen LogP contribution in [0, 0.1) is 0 Å². The monoisotopic (exact) mass is 838 g/mol. The third-order valence-corrected chi connectivity index (χ3v) is 12.1. The number of rotatable bonds is 37. The van der Waals surface area contributed by atoms with Crippen LogP contribution in [0.15, 0.2) is 12.2 Å². The Morgan fingerprint density at radius 2 is 1.00 bits per heavy atom. The smallest absolute Gasteiger partial charge is 0.393 e. The second-order valence-electron chi connectivity index (χ2n) is 16.4. The van der Waals surface area contributed by atoms with Crippen LogP contribution in [0.25, 0.3) is 0 Å². The quantitative estimate of drug-likeness (QED) is 0.0175. The maximum absolute atomic E-state index is 13.0. The lowest BCUT2D eigenvalue weighted by molar-refractivity contribution is -0.220. The highest BCUT2D eigenvalue weighted by atomic mass is 31.2. The zero-order chi connectivity index (χ0) is 42.3. The lowest BCUT2D eigenvalue weighted by Crippen LogP contribution is -2.64. The van der Waals surface area contributed by atoms with Crippen LogP contribution in [0.1, 0.15) is 194 Å². The van der Waals surface area contributed by atoms with Crippen LogP contribution in [-0.2, 0) is 18.4 Å². The Kier molecular flexibility index (Phi) is 32.0. The SMILES string of the molecule is CCCCCCCCCCCCC/C=C/C(O)C(COP(=O)(O)OC1C(O)C(O)C(O)C(O)C1O)NC(=O)CC(O)CCCCCCCCCCCCCCCC. The number of hydrogen-bond donors (Lipinski definition) is 9. The highest BCUT2D eigenvalue weighted by Gasteiger charge is 2.51. The highest BCUT2D eigenvalue weighted by molar-refractivity contribution is 7.47. The summed E-state index contributed by atoms with van der Waals surface area (Å²) in [4.78, 5) is 23.4. The van der Waals surface area contributed by atoms with Gasteiger partial charge in [-0.05, 0) is 19.3 Å². The van der Waals surface area contributed by atoms with E-state index in [1.807, 2.05) is 0 Å². The van der Waals surface area contributed by atoms with Crippen molar-refractivity contribution in [2.24, 2.45) is 0 Å². The topological polar surface area (TPSA) is 226 Å². The molecule has 1 rings (SSSR count). The normalized spacial score (nSPS) is 24.0. The standard InChI is InChI=1S/C43H84NO12P/c1-3-5-7-9-11-13-15-17-19-20-22-24-26-28-30-34(45)32-37(47)44-35(36(46)31-29-27-25-23-21-18-16-14-12-10-8-6-4-2)33-55-57(53,54)56-43-41(51)39(49)38(48)40(50)42(43)52/h29,31,34-36,38-43,45-46,48-52H,3-28,30,32-33H2,1-2H3,(H,44,47)(H,53,54)/b31-29+. The lowest BCUT2D eigenvalue weighted by Gasteiger charge is -2.41. The number of hydrogen-bond acceptors (Lipinski definition) is 11. The number of amides is 1. The number of carbonyl (C=O) groups is 1. The van der Waals surface area contributed by atoms with Crippen LogP contribution in [-0.4, -0.2) is 108 Å². The number of allylic oxidation sites excluding steroid dienone is 1. The van der Waals surface area contributed by atoms with Crippen LogP contribution >= 0.6 is 7.82 Å². The molecule has 9 N–H and O–H groups in total. The van der Waals surface area contributed by atoms with Gasteiger partial charge in [0.05, 0.1) is 31.3 Å². The summed E-state index contributed by atoms with van der Waals surface area (Å²) in [6, 6.07) is -1.23. The van der Waals surface area contributed by atoms with E-state index in [0.29, 0.717) is 12.8 Å². The summed E-state index contributed by atoms with van der Waals surface area (Å²) in [6.45, 7) is 3.73. The van der Waals surface area contributed by atoms with E-state index in [1.165, 1.54) is 122 Å². The minimum absolute atomic E-state index is 0.240. The van der Waals surface area contributed by atoms with E-state index in [2.05, 4.69) is 19.2 Å². The summed E-state index contributed by atoms with van der Waals surface area (Å²) >= 11 is 0. The molecule has 0 aromatic carbocycles. The van der Waals surface area contributed by atoms with Crippen LogP contribution in [0.4, 0.5) is 0 Å². The van der Waals surface area contributed by atoms with Gasteiger partial charge in [0.15, 0.2) is 0 Å². The van der Waals surface area contributed by atoms with Gasteiger partial charge in [-0.25, -0.2) is 4.57 Å². The van der Waals surface area contributed by atoms with Gasteiger partial charge >= 0.3 is 7.82 Å². The average Bonchev–Trinajstić information content (AvgIpc) is 3.18. The number of carbonyl (C=O) groups excluding carboxylic acids is 1. The van der Waals surface area contributed by atoms with Crippen molar-refractivity contribution in [2.75, 3.05) is 6.61 Å². The Balaban J connectivity index is 2.57. The molecule has 338 valence electrons. The molecule has 1 aliphatic carbocycles. The molecule has 1 amide bonds. The van der Waals surface area contributed by atoms with Crippen molar-refractivity contribution in [1.82, 2.24) is 5.32 Å². The van der Waals surface area contributed by atoms with Gasteiger partial charge < -0.3 is 46.0 Å². The maximum atomic E-state index is 13.0. The van der Waals surface area contributed by atoms with Crippen molar-refractivity contribution in [3.05, 3.63) is 12.2 Å². The second-order valence-corrected chi connectivity index (χ2v) is 17.9. The molecule has 0 spiro atoms. The van der Waals surface area contributed by atoms with Gasteiger partial charge in [-0.2, -0.15) is 0 Å². The molecule has 14 heteroatoms. The predicted octanol–water partition coefficient (Wildman–Crippen LogP) is 7.03. The van der Waals surface area contributed by atoms with Gasteiger partial charge in [-0.1, -0.05) is 180 Å². The maximum Gasteiger partial charge on any atom is 0.472 e. The summed E-state index contributed by atoms with van der Waals surface area (Å²) in [5.74, 6) is -0.591. The fourth-order valence-electron chi connectivity index (χ4n) is 7.36. The fourth-order valence-corrected chi connectivity index (χ4v) is 8.33. The van der Waals surface area contributed by atoms with E-state index in [-0.39, 0.29) is 6.42 Å². The van der Waals surface area contributed by atoms with Crippen LogP contribution in [0.3, 0.4) is 0 Å². The first-order valence-corrected chi connectivity index (χ1v) is 24.2. The molecule has 13 nitrogen and oxygen atoms in total. The molecule has 1 saturated carbocycles. The molecular weight excluding hydrogens is 753 g/mol. The van der Waals surface area contributed by atoms with Crippen LogP contribution in [0.5, 0.6) is 0 Å². The Morgan fingerprint density at radius 3 is 1.44 bits per heavy atom. The summed E-state index contributed by atoms with van der Waals surface area (Å²) in [7, 11) is -5.13. The van der Waals surface area contributed by atoms with Crippen molar-refractivity contribution in [3.63, 3.8) is 0 Å². The largest absolute Gasteiger partial charge is 0.472 e. The van der Waals surface area contributed by atoms with Gasteiger partial charge in [-0.3, -0.25) is 13.8 Å². The molecule has 0 aromatic rings. The predicted molar refractivity (Wildman–Crippen MR) is 224 cm³/mol. The highest BCUT2D eigenvalue weighted by Crippen LogP contribution is 2.47. The molecule has 1 aliphatic rings. The van der Waals surface area contributed by atoms with Crippen molar-refractivity contribution in [3.8, 4) is 0 Å². The number of aliphatic hydroxyl groups excluding tert-OH is 7. The molecule has 8 unspecified atom stereocenters. The van der Waals surface area contributed by atoms with Crippen molar-refractivity contribution >= 4 is 13.7 Å². The molecule has 57 heavy (non-hydrogen) atoms. The van der Waals surface area contributed by atoms with E-state index in [0.717, 1.165) is 44.9 Å². The molecule has 8 atom stereocenters. The van der Waals surface area contributed by atoms with Gasteiger partial charge in [-0.15, -0.1) is 0 Å². The summed E-state index contributed by atoms with van der Waals surface area (Å²) in [5, 5.41) is 74.3. The molecular formula is C43H84NO12P. The van der Waals surface area contributed by atoms with Gasteiger partial charge in [0.25, 0.3) is 0 Å². The lowest BCUT2D eigenvalue weighted by atomic mass is 9.85. The zero-order valence-corrected chi connectivity index (χ0v) is 36.4. The van der Waals surface area contributed by atoms with Gasteiger partial charge in [0, 0.05) is 0 Å². The summed E-state index contributed by atoms with van der Waals surface area (Å²) < 4.78 is 22.8. The average molecular weight is 838 g/mol. The van der Waals surface area contributed by atoms with E-state index in [4.69, 9.17) is 9.05 Å². The molecule has 0 saturated heterocycles. The number of nitrogens with one attached hydrogen (secondary N) is 1. The second kappa shape index (κ2) is 33.7. The summed E-state index contributed by atoms with van der Waals surface area (Å²) in [6.07, 6.45) is 20.2. The first kappa shape index (κ1) is 54.1. The molecule has 0 bridgehead atoms. The van der Waals surface area contributed by atoms with Gasteiger partial charge in [0.2, 0.25) is 5.91 Å². The molecule has 1 fully saturated rings. The minimum atomic E-state index is -5.13. The Morgan fingerprint density at radius 1 is 0.614 bits per heavy atom. The molecule has 0 heterocycles. The van der Waals surface area contributed by atoms with Crippen LogP contribution < -0.4 is 5.32 Å². The number of unbranched alkanes of at least 4 members (excludes halogenated alkanes) is 24. The zero-order valence-electron chi connectivity index (χ0n) is 35.5. The number of aliphatic hydroxyl groups is 7. The Hall–Kier alpha value is -0.960.